The zero-order chi connectivity index (χ0) is 21.2. The van der Waals surface area contributed by atoms with Crippen molar-refractivity contribution in [2.45, 2.75) is 6.04 Å². The zero-order valence-corrected chi connectivity index (χ0v) is 16.5. The Morgan fingerprint density at radius 3 is 2.52 bits per heavy atom. The number of carbonyl (C=O) groups is 2. The molecule has 156 valence electrons. The molecule has 2 heterocycles. The van der Waals surface area contributed by atoms with Gasteiger partial charge in [0.2, 0.25) is 6.79 Å². The van der Waals surface area contributed by atoms with Gasteiger partial charge in [0.05, 0.1) is 17.3 Å². The van der Waals surface area contributed by atoms with E-state index in [4.69, 9.17) is 18.9 Å². The van der Waals surface area contributed by atoms with Crippen molar-refractivity contribution in [1.82, 2.24) is 0 Å². The number of amides is 1. The van der Waals surface area contributed by atoms with Gasteiger partial charge in [0.15, 0.2) is 18.1 Å². The van der Waals surface area contributed by atoms with Gasteiger partial charge < -0.3 is 18.9 Å². The van der Waals surface area contributed by atoms with Gasteiger partial charge in [-0.3, -0.25) is 9.69 Å². The van der Waals surface area contributed by atoms with Crippen LogP contribution in [0, 0.1) is 0 Å². The number of rotatable bonds is 4. The highest BCUT2D eigenvalue weighted by Crippen LogP contribution is 2.39. The van der Waals surface area contributed by atoms with E-state index in [0.717, 1.165) is 5.56 Å². The van der Waals surface area contributed by atoms with Crippen molar-refractivity contribution in [2.75, 3.05) is 24.9 Å². The summed E-state index contributed by atoms with van der Waals surface area (Å²) < 4.78 is 21.8. The monoisotopic (exact) mass is 417 g/mol. The molecule has 0 saturated heterocycles. The van der Waals surface area contributed by atoms with Crippen LogP contribution in [0.3, 0.4) is 0 Å². The Morgan fingerprint density at radius 1 is 0.871 bits per heavy atom. The van der Waals surface area contributed by atoms with Crippen LogP contribution in [0.15, 0.2) is 72.8 Å². The van der Waals surface area contributed by atoms with Crippen LogP contribution in [0.2, 0.25) is 0 Å². The lowest BCUT2D eigenvalue weighted by Crippen LogP contribution is -2.43. The van der Waals surface area contributed by atoms with Gasteiger partial charge in [0, 0.05) is 0 Å². The van der Waals surface area contributed by atoms with Gasteiger partial charge in [-0.05, 0) is 35.9 Å². The molecule has 2 aliphatic heterocycles. The van der Waals surface area contributed by atoms with Gasteiger partial charge in [0.1, 0.15) is 12.4 Å². The molecule has 1 unspecified atom stereocenters. The minimum atomic E-state index is -0.607. The Balaban J connectivity index is 1.36. The largest absolute Gasteiger partial charge is 0.489 e. The molecule has 0 fully saturated rings. The maximum absolute atomic E-state index is 13.2. The highest BCUT2D eigenvalue weighted by atomic mass is 16.7. The van der Waals surface area contributed by atoms with Crippen molar-refractivity contribution < 1.29 is 28.5 Å². The van der Waals surface area contributed by atoms with E-state index in [-0.39, 0.29) is 18.7 Å². The van der Waals surface area contributed by atoms with Crippen LogP contribution in [-0.2, 0) is 9.53 Å². The lowest BCUT2D eigenvalue weighted by molar-refractivity contribution is -0.122. The third-order valence-corrected chi connectivity index (χ3v) is 5.22. The predicted molar refractivity (Wildman–Crippen MR) is 111 cm³/mol. The lowest BCUT2D eigenvalue weighted by atomic mass is 10.0. The summed E-state index contributed by atoms with van der Waals surface area (Å²) in [6, 6.07) is 21.4. The fourth-order valence-electron chi connectivity index (χ4n) is 3.72. The van der Waals surface area contributed by atoms with Crippen molar-refractivity contribution in [3.8, 4) is 17.2 Å². The number of hydrogen-bond acceptors (Lipinski definition) is 6. The number of anilines is 1. The first-order valence-electron chi connectivity index (χ1n) is 9.86. The summed E-state index contributed by atoms with van der Waals surface area (Å²) in [4.78, 5) is 27.4. The van der Waals surface area contributed by atoms with Crippen molar-refractivity contribution in [2.24, 2.45) is 0 Å². The maximum atomic E-state index is 13.2. The molecule has 1 atom stereocenters. The van der Waals surface area contributed by atoms with Crippen LogP contribution in [0.5, 0.6) is 17.2 Å². The van der Waals surface area contributed by atoms with Gasteiger partial charge in [0.25, 0.3) is 5.91 Å². The molecule has 0 N–H and O–H groups in total. The Labute approximate surface area is 178 Å². The van der Waals surface area contributed by atoms with Crippen LogP contribution in [0.4, 0.5) is 5.69 Å². The average molecular weight is 417 g/mol. The molecule has 3 aromatic rings. The van der Waals surface area contributed by atoms with Gasteiger partial charge in [-0.15, -0.1) is 0 Å². The number of benzene rings is 3. The average Bonchev–Trinajstić information content (AvgIpc) is 3.30. The van der Waals surface area contributed by atoms with Crippen LogP contribution in [0.25, 0.3) is 0 Å². The fourth-order valence-corrected chi connectivity index (χ4v) is 3.72. The topological polar surface area (TPSA) is 74.3 Å². The summed E-state index contributed by atoms with van der Waals surface area (Å²) >= 11 is 0. The summed E-state index contributed by atoms with van der Waals surface area (Å²) in [5.74, 6) is 0.726. The van der Waals surface area contributed by atoms with Crippen LogP contribution >= 0.6 is 0 Å². The minimum Gasteiger partial charge on any atom is -0.489 e. The molecule has 0 aliphatic carbocycles. The molecular weight excluding hydrogens is 398 g/mol. The smallest absolute Gasteiger partial charge is 0.338 e. The first kappa shape index (κ1) is 19.0. The molecule has 2 aliphatic rings. The predicted octanol–water partition coefficient (Wildman–Crippen LogP) is 3.74. The standard InChI is InChI=1S/C24H19NO6/c26-23(14-29-24(27)17-10-11-21-22(12-17)31-15-30-21)25-18-8-4-5-9-20(18)28-13-19(25)16-6-2-1-3-7-16/h1-12,19H,13-15H2. The first-order valence-corrected chi connectivity index (χ1v) is 9.86. The van der Waals surface area contributed by atoms with E-state index < -0.39 is 12.6 Å². The van der Waals surface area contributed by atoms with Crippen LogP contribution in [-0.4, -0.2) is 31.9 Å². The highest BCUT2D eigenvalue weighted by Gasteiger charge is 2.33. The normalized spacial score (nSPS) is 16.3. The Kier molecular flexibility index (Phi) is 4.92. The van der Waals surface area contributed by atoms with Crippen molar-refractivity contribution in [3.05, 3.63) is 83.9 Å². The van der Waals surface area contributed by atoms with E-state index >= 15 is 0 Å². The van der Waals surface area contributed by atoms with Gasteiger partial charge in [-0.25, -0.2) is 4.79 Å². The third-order valence-electron chi connectivity index (χ3n) is 5.22. The number of nitrogens with zero attached hydrogens (tertiary/aromatic N) is 1. The summed E-state index contributed by atoms with van der Waals surface area (Å²) in [5.41, 5.74) is 1.87. The molecule has 7 nitrogen and oxygen atoms in total. The quantitative estimate of drug-likeness (QED) is 0.602. The fraction of sp³-hybridized carbons (Fsp3) is 0.167. The summed E-state index contributed by atoms with van der Waals surface area (Å²) in [7, 11) is 0. The number of ether oxygens (including phenoxy) is 4. The van der Waals surface area contributed by atoms with Crippen LogP contribution in [0.1, 0.15) is 22.0 Å². The van der Waals surface area contributed by atoms with E-state index in [0.29, 0.717) is 35.1 Å². The molecule has 0 saturated carbocycles. The molecular formula is C24H19NO6. The second-order valence-electron chi connectivity index (χ2n) is 7.11. The molecule has 0 spiro atoms. The summed E-state index contributed by atoms with van der Waals surface area (Å²) in [5, 5.41) is 0. The Bertz CT molecular complexity index is 1130. The molecule has 1 amide bonds. The van der Waals surface area contributed by atoms with Crippen molar-refractivity contribution >= 4 is 17.6 Å². The van der Waals surface area contributed by atoms with E-state index in [9.17, 15) is 9.59 Å². The van der Waals surface area contributed by atoms with E-state index in [2.05, 4.69) is 0 Å². The van der Waals surface area contributed by atoms with Gasteiger partial charge >= 0.3 is 5.97 Å². The molecule has 3 aromatic carbocycles. The molecule has 31 heavy (non-hydrogen) atoms. The molecule has 7 heteroatoms. The van der Waals surface area contributed by atoms with E-state index in [1.807, 2.05) is 54.6 Å². The molecule has 0 bridgehead atoms. The SMILES string of the molecule is O=C(OCC(=O)N1c2ccccc2OCC1c1ccccc1)c1ccc2c(c1)OCO2. The third kappa shape index (κ3) is 3.66. The van der Waals surface area contributed by atoms with Crippen molar-refractivity contribution in [3.63, 3.8) is 0 Å². The first-order chi connectivity index (χ1) is 15.2. The molecule has 0 radical (unpaired) electrons. The number of hydrogen-bond donors (Lipinski definition) is 0. The number of esters is 1. The van der Waals surface area contributed by atoms with Gasteiger partial charge in [-0.2, -0.15) is 0 Å². The molecule has 5 rings (SSSR count). The number of para-hydroxylation sites is 2. The maximum Gasteiger partial charge on any atom is 0.338 e. The van der Waals surface area contributed by atoms with E-state index in [1.54, 1.807) is 23.1 Å². The minimum absolute atomic E-state index is 0.115. The lowest BCUT2D eigenvalue weighted by Gasteiger charge is -2.37. The molecule has 0 aromatic heterocycles. The highest BCUT2D eigenvalue weighted by molar-refractivity contribution is 5.99. The van der Waals surface area contributed by atoms with Crippen LogP contribution < -0.4 is 19.1 Å². The summed E-state index contributed by atoms with van der Waals surface area (Å²) in [6.07, 6.45) is 0. The zero-order valence-electron chi connectivity index (χ0n) is 16.5. The number of fused-ring (bicyclic) bond motifs is 2. The number of carbonyl (C=O) groups excluding carboxylic acids is 2. The second-order valence-corrected chi connectivity index (χ2v) is 7.11. The Hall–Kier alpha value is -4.00. The summed E-state index contributed by atoms with van der Waals surface area (Å²) in [6.45, 7) is 0.0252. The Morgan fingerprint density at radius 2 is 1.65 bits per heavy atom. The second kappa shape index (κ2) is 8.02. The van der Waals surface area contributed by atoms with E-state index in [1.165, 1.54) is 0 Å². The van der Waals surface area contributed by atoms with Crippen molar-refractivity contribution in [1.29, 1.82) is 0 Å². The van der Waals surface area contributed by atoms with Gasteiger partial charge in [-0.1, -0.05) is 42.5 Å².